The third kappa shape index (κ3) is 1.88. The second-order valence-corrected chi connectivity index (χ2v) is 5.29. The molecule has 0 aromatic heterocycles. The Morgan fingerprint density at radius 1 is 1.29 bits per heavy atom. The number of nitrogens with one attached hydrogen (secondary N) is 1. The first-order chi connectivity index (χ1) is 8.37. The molecule has 0 amide bonds. The zero-order chi connectivity index (χ0) is 11.7. The van der Waals surface area contributed by atoms with E-state index < -0.39 is 0 Å². The zero-order valence-electron chi connectivity index (χ0n) is 10.1. The summed E-state index contributed by atoms with van der Waals surface area (Å²) in [5.41, 5.74) is 4.75. The van der Waals surface area contributed by atoms with Gasteiger partial charge in [0.15, 0.2) is 0 Å². The number of ether oxygens (including phenoxy) is 1. The van der Waals surface area contributed by atoms with Gasteiger partial charge in [-0.2, -0.15) is 0 Å². The van der Waals surface area contributed by atoms with Crippen LogP contribution in [-0.2, 0) is 10.2 Å². The highest BCUT2D eigenvalue weighted by Crippen LogP contribution is 2.53. The lowest BCUT2D eigenvalue weighted by atomic mass is 9.80. The van der Waals surface area contributed by atoms with Gasteiger partial charge < -0.3 is 4.74 Å². The van der Waals surface area contributed by atoms with Crippen LogP contribution in [0, 0.1) is 5.92 Å². The van der Waals surface area contributed by atoms with Crippen molar-refractivity contribution in [3.63, 3.8) is 0 Å². The van der Waals surface area contributed by atoms with Crippen molar-refractivity contribution >= 4 is 0 Å². The molecule has 2 unspecified atom stereocenters. The second kappa shape index (κ2) is 4.41. The van der Waals surface area contributed by atoms with Crippen LogP contribution < -0.4 is 11.3 Å². The lowest BCUT2D eigenvalue weighted by Crippen LogP contribution is -2.49. The zero-order valence-corrected chi connectivity index (χ0v) is 10.1. The van der Waals surface area contributed by atoms with Crippen molar-refractivity contribution < 1.29 is 4.74 Å². The van der Waals surface area contributed by atoms with Gasteiger partial charge in [0.2, 0.25) is 0 Å². The standard InChI is InChI=1S/C14H20N2O/c15-16-13(11-6-9-17-10-11)14(7-8-14)12-4-2-1-3-5-12/h1-5,11,13,16H,6-10,15H2. The number of hydrogen-bond donors (Lipinski definition) is 2. The number of hydrogen-bond acceptors (Lipinski definition) is 3. The molecule has 3 rings (SSSR count). The molecule has 92 valence electrons. The van der Waals surface area contributed by atoms with E-state index in [-0.39, 0.29) is 5.41 Å². The minimum atomic E-state index is 0.258. The molecule has 1 saturated heterocycles. The summed E-state index contributed by atoms with van der Waals surface area (Å²) in [5, 5.41) is 0. The normalized spacial score (nSPS) is 27.9. The summed E-state index contributed by atoms with van der Waals surface area (Å²) in [6.07, 6.45) is 3.61. The van der Waals surface area contributed by atoms with Crippen LogP contribution in [-0.4, -0.2) is 19.3 Å². The van der Waals surface area contributed by atoms with E-state index >= 15 is 0 Å². The lowest BCUT2D eigenvalue weighted by Gasteiger charge is -2.31. The van der Waals surface area contributed by atoms with Crippen LogP contribution >= 0.6 is 0 Å². The van der Waals surface area contributed by atoms with E-state index in [2.05, 4.69) is 35.8 Å². The Hall–Kier alpha value is -0.900. The maximum atomic E-state index is 5.81. The Bertz CT molecular complexity index is 369. The van der Waals surface area contributed by atoms with Crippen molar-refractivity contribution in [1.82, 2.24) is 5.43 Å². The maximum absolute atomic E-state index is 5.81. The van der Waals surface area contributed by atoms with Crippen LogP contribution in [0.15, 0.2) is 30.3 Å². The molecular weight excluding hydrogens is 212 g/mol. The number of benzene rings is 1. The van der Waals surface area contributed by atoms with E-state index in [4.69, 9.17) is 10.6 Å². The van der Waals surface area contributed by atoms with E-state index in [1.807, 2.05) is 0 Å². The topological polar surface area (TPSA) is 47.3 Å². The number of hydrazine groups is 1. The fourth-order valence-corrected chi connectivity index (χ4v) is 3.25. The monoisotopic (exact) mass is 232 g/mol. The summed E-state index contributed by atoms with van der Waals surface area (Å²) in [6.45, 7) is 1.73. The molecule has 1 aliphatic heterocycles. The predicted octanol–water partition coefficient (Wildman–Crippen LogP) is 1.59. The van der Waals surface area contributed by atoms with Crippen LogP contribution in [0.3, 0.4) is 0 Å². The van der Waals surface area contributed by atoms with Crippen molar-refractivity contribution in [3.05, 3.63) is 35.9 Å². The summed E-state index contributed by atoms with van der Waals surface area (Å²) in [4.78, 5) is 0. The average Bonchev–Trinajstić information content (AvgIpc) is 3.00. The van der Waals surface area contributed by atoms with Crippen LogP contribution in [0.5, 0.6) is 0 Å². The van der Waals surface area contributed by atoms with Crippen molar-refractivity contribution in [2.75, 3.05) is 13.2 Å². The van der Waals surface area contributed by atoms with E-state index in [9.17, 15) is 0 Å². The van der Waals surface area contributed by atoms with Crippen molar-refractivity contribution in [2.45, 2.75) is 30.7 Å². The minimum absolute atomic E-state index is 0.258. The van der Waals surface area contributed by atoms with Crippen molar-refractivity contribution in [2.24, 2.45) is 11.8 Å². The summed E-state index contributed by atoms with van der Waals surface area (Å²) in [6, 6.07) is 11.1. The van der Waals surface area contributed by atoms with Crippen LogP contribution in [0.4, 0.5) is 0 Å². The van der Waals surface area contributed by atoms with Gasteiger partial charge in [0, 0.05) is 24.0 Å². The average molecular weight is 232 g/mol. The molecule has 0 spiro atoms. The fourth-order valence-electron chi connectivity index (χ4n) is 3.25. The van der Waals surface area contributed by atoms with Gasteiger partial charge in [-0.1, -0.05) is 30.3 Å². The number of rotatable bonds is 4. The smallest absolute Gasteiger partial charge is 0.0510 e. The Kier molecular flexibility index (Phi) is 2.90. The molecule has 2 fully saturated rings. The van der Waals surface area contributed by atoms with Gasteiger partial charge in [0.05, 0.1) is 6.61 Å². The molecule has 1 heterocycles. The van der Waals surface area contributed by atoms with E-state index in [0.717, 1.165) is 19.6 Å². The third-order valence-corrected chi connectivity index (χ3v) is 4.35. The first-order valence-electron chi connectivity index (χ1n) is 6.46. The molecule has 1 aliphatic carbocycles. The van der Waals surface area contributed by atoms with Crippen molar-refractivity contribution in [1.29, 1.82) is 0 Å². The molecule has 2 atom stereocenters. The SMILES string of the molecule is NNC(C1CCOC1)C1(c2ccccc2)CC1. The molecule has 3 heteroatoms. The van der Waals surface area contributed by atoms with Gasteiger partial charge in [-0.05, 0) is 24.8 Å². The van der Waals surface area contributed by atoms with E-state index in [1.54, 1.807) is 0 Å². The maximum Gasteiger partial charge on any atom is 0.0510 e. The molecule has 1 aromatic carbocycles. The van der Waals surface area contributed by atoms with Gasteiger partial charge in [-0.3, -0.25) is 11.3 Å². The highest BCUT2D eigenvalue weighted by molar-refractivity contribution is 5.34. The molecule has 0 radical (unpaired) electrons. The molecule has 3 N–H and O–H groups in total. The Labute approximate surface area is 102 Å². The number of nitrogens with two attached hydrogens (primary N) is 1. The molecule has 0 bridgehead atoms. The van der Waals surface area contributed by atoms with Gasteiger partial charge in [0.1, 0.15) is 0 Å². The third-order valence-electron chi connectivity index (χ3n) is 4.35. The molecular formula is C14H20N2O. The van der Waals surface area contributed by atoms with Crippen LogP contribution in [0.25, 0.3) is 0 Å². The Morgan fingerprint density at radius 3 is 2.59 bits per heavy atom. The van der Waals surface area contributed by atoms with Gasteiger partial charge in [-0.25, -0.2) is 0 Å². The Morgan fingerprint density at radius 2 is 2.06 bits per heavy atom. The molecule has 2 aliphatic rings. The second-order valence-electron chi connectivity index (χ2n) is 5.29. The first kappa shape index (κ1) is 11.2. The Balaban J connectivity index is 1.86. The van der Waals surface area contributed by atoms with Gasteiger partial charge in [-0.15, -0.1) is 0 Å². The van der Waals surface area contributed by atoms with Gasteiger partial charge in [0.25, 0.3) is 0 Å². The minimum Gasteiger partial charge on any atom is -0.381 e. The van der Waals surface area contributed by atoms with Gasteiger partial charge >= 0.3 is 0 Å². The van der Waals surface area contributed by atoms with E-state index in [0.29, 0.717) is 12.0 Å². The highest BCUT2D eigenvalue weighted by Gasteiger charge is 2.53. The lowest BCUT2D eigenvalue weighted by molar-refractivity contribution is 0.170. The summed E-state index contributed by atoms with van der Waals surface area (Å²) >= 11 is 0. The van der Waals surface area contributed by atoms with Crippen LogP contribution in [0.2, 0.25) is 0 Å². The molecule has 17 heavy (non-hydrogen) atoms. The van der Waals surface area contributed by atoms with Crippen LogP contribution in [0.1, 0.15) is 24.8 Å². The first-order valence-corrected chi connectivity index (χ1v) is 6.46. The molecule has 1 aromatic rings. The van der Waals surface area contributed by atoms with Crippen molar-refractivity contribution in [3.8, 4) is 0 Å². The fraction of sp³-hybridized carbons (Fsp3) is 0.571. The summed E-state index contributed by atoms with van der Waals surface area (Å²) < 4.78 is 5.50. The predicted molar refractivity (Wildman–Crippen MR) is 67.4 cm³/mol. The largest absolute Gasteiger partial charge is 0.381 e. The van der Waals surface area contributed by atoms with E-state index in [1.165, 1.54) is 18.4 Å². The summed E-state index contributed by atoms with van der Waals surface area (Å²) in [5.74, 6) is 6.37. The summed E-state index contributed by atoms with van der Waals surface area (Å²) in [7, 11) is 0. The highest BCUT2D eigenvalue weighted by atomic mass is 16.5. The molecule has 3 nitrogen and oxygen atoms in total. The quantitative estimate of drug-likeness (QED) is 0.612. The molecule has 1 saturated carbocycles.